The highest BCUT2D eigenvalue weighted by atomic mass is 14.8. The first-order valence-electron chi connectivity index (χ1n) is 5.15. The minimum absolute atomic E-state index is 0.0532. The number of nitrogens with two attached hydrogens (primary N) is 1. The summed E-state index contributed by atoms with van der Waals surface area (Å²) in [7, 11) is 0. The van der Waals surface area contributed by atoms with E-state index in [1.54, 1.807) is 0 Å². The Bertz CT molecular complexity index is 278. The van der Waals surface area contributed by atoms with Crippen molar-refractivity contribution in [1.82, 2.24) is 4.98 Å². The Morgan fingerprint density at radius 2 is 1.79 bits per heavy atom. The minimum atomic E-state index is 0.0532. The van der Waals surface area contributed by atoms with Gasteiger partial charge in [-0.15, -0.1) is 0 Å². The lowest BCUT2D eigenvalue weighted by Crippen LogP contribution is -2.40. The smallest absolute Gasteiger partial charge is 0.0504 e. The molecule has 0 aliphatic heterocycles. The van der Waals surface area contributed by atoms with Gasteiger partial charge < -0.3 is 10.7 Å². The van der Waals surface area contributed by atoms with Gasteiger partial charge in [0.1, 0.15) is 0 Å². The average molecular weight is 194 g/mol. The van der Waals surface area contributed by atoms with Gasteiger partial charge in [0, 0.05) is 11.9 Å². The van der Waals surface area contributed by atoms with Gasteiger partial charge in [0.25, 0.3) is 0 Å². The predicted molar refractivity (Wildman–Crippen MR) is 61.0 cm³/mol. The largest absolute Gasteiger partial charge is 0.364 e. The minimum Gasteiger partial charge on any atom is -0.364 e. The number of H-pyrrole nitrogens is 1. The van der Waals surface area contributed by atoms with Crippen molar-refractivity contribution in [3.05, 3.63) is 24.0 Å². The Morgan fingerprint density at radius 1 is 1.21 bits per heavy atom. The molecule has 80 valence electrons. The zero-order valence-corrected chi connectivity index (χ0v) is 9.89. The maximum atomic E-state index is 6.27. The number of rotatable bonds is 2. The van der Waals surface area contributed by atoms with Gasteiger partial charge in [-0.2, -0.15) is 0 Å². The van der Waals surface area contributed by atoms with E-state index in [9.17, 15) is 0 Å². The molecule has 0 bridgehead atoms. The summed E-state index contributed by atoms with van der Waals surface area (Å²) in [4.78, 5) is 3.19. The lowest BCUT2D eigenvalue weighted by molar-refractivity contribution is 0.0947. The molecule has 14 heavy (non-hydrogen) atoms. The molecule has 0 amide bonds. The third-order valence-corrected chi connectivity index (χ3v) is 3.67. The summed E-state index contributed by atoms with van der Waals surface area (Å²) in [6.45, 7) is 11.1. The molecule has 2 heteroatoms. The van der Waals surface area contributed by atoms with Gasteiger partial charge in [0.15, 0.2) is 0 Å². The van der Waals surface area contributed by atoms with Crippen molar-refractivity contribution >= 4 is 0 Å². The highest BCUT2D eigenvalue weighted by Crippen LogP contribution is 2.45. The van der Waals surface area contributed by atoms with Crippen molar-refractivity contribution in [2.45, 2.75) is 40.7 Å². The van der Waals surface area contributed by atoms with E-state index in [0.29, 0.717) is 0 Å². The molecule has 3 N–H and O–H groups in total. The Morgan fingerprint density at radius 3 is 2.14 bits per heavy atom. The topological polar surface area (TPSA) is 41.8 Å². The molecular formula is C12H22N2. The second kappa shape index (κ2) is 3.43. The third kappa shape index (κ3) is 1.85. The third-order valence-electron chi connectivity index (χ3n) is 3.67. The van der Waals surface area contributed by atoms with E-state index in [-0.39, 0.29) is 16.9 Å². The quantitative estimate of drug-likeness (QED) is 0.746. The van der Waals surface area contributed by atoms with Crippen LogP contribution in [0.1, 0.15) is 46.4 Å². The summed E-state index contributed by atoms with van der Waals surface area (Å²) in [6.07, 6.45) is 1.92. The Balaban J connectivity index is 2.94. The molecule has 0 aliphatic rings. The Labute approximate surface area is 86.9 Å². The second-order valence-electron chi connectivity index (χ2n) is 5.57. The molecule has 1 aromatic heterocycles. The standard InChI is InChI=1S/C12H22N2/c1-11(2,3)12(4,5)10(13)9-7-6-8-14-9/h6-8,10,14H,13H2,1-5H3. The number of hydrogen-bond acceptors (Lipinski definition) is 1. The van der Waals surface area contributed by atoms with Crippen LogP contribution >= 0.6 is 0 Å². The Kier molecular flexibility index (Phi) is 2.77. The van der Waals surface area contributed by atoms with Crippen LogP contribution in [-0.2, 0) is 0 Å². The fourth-order valence-corrected chi connectivity index (χ4v) is 1.39. The van der Waals surface area contributed by atoms with E-state index in [0.717, 1.165) is 5.69 Å². The van der Waals surface area contributed by atoms with Crippen LogP contribution in [0.25, 0.3) is 0 Å². The molecule has 0 fully saturated rings. The summed E-state index contributed by atoms with van der Waals surface area (Å²) in [6, 6.07) is 4.10. The molecule has 0 saturated heterocycles. The fraction of sp³-hybridized carbons (Fsp3) is 0.667. The predicted octanol–water partition coefficient (Wildman–Crippen LogP) is 3.09. The van der Waals surface area contributed by atoms with E-state index in [1.807, 2.05) is 12.3 Å². The van der Waals surface area contributed by atoms with Gasteiger partial charge in [0.2, 0.25) is 0 Å². The number of aromatic nitrogens is 1. The second-order valence-corrected chi connectivity index (χ2v) is 5.57. The zero-order valence-electron chi connectivity index (χ0n) is 9.89. The summed E-state index contributed by atoms with van der Waals surface area (Å²) in [5, 5.41) is 0. The number of nitrogens with one attached hydrogen (secondary N) is 1. The molecule has 0 saturated carbocycles. The lowest BCUT2D eigenvalue weighted by Gasteiger charge is -2.43. The molecule has 2 nitrogen and oxygen atoms in total. The monoisotopic (exact) mass is 194 g/mol. The van der Waals surface area contributed by atoms with Crippen LogP contribution in [0.5, 0.6) is 0 Å². The van der Waals surface area contributed by atoms with E-state index >= 15 is 0 Å². The van der Waals surface area contributed by atoms with Crippen molar-refractivity contribution in [1.29, 1.82) is 0 Å². The highest BCUT2D eigenvalue weighted by Gasteiger charge is 2.39. The van der Waals surface area contributed by atoms with Crippen LogP contribution in [-0.4, -0.2) is 4.98 Å². The molecule has 0 aliphatic carbocycles. The van der Waals surface area contributed by atoms with E-state index < -0.39 is 0 Å². The molecule has 0 spiro atoms. The molecule has 0 aromatic carbocycles. The van der Waals surface area contributed by atoms with Gasteiger partial charge in [-0.25, -0.2) is 0 Å². The zero-order chi connectivity index (χ0) is 11.0. The first kappa shape index (κ1) is 11.3. The summed E-state index contributed by atoms with van der Waals surface area (Å²) in [5.74, 6) is 0. The van der Waals surface area contributed by atoms with Crippen LogP contribution in [0, 0.1) is 10.8 Å². The molecule has 1 heterocycles. The van der Waals surface area contributed by atoms with E-state index in [1.165, 1.54) is 0 Å². The van der Waals surface area contributed by atoms with Crippen molar-refractivity contribution in [3.63, 3.8) is 0 Å². The number of hydrogen-bond donors (Lipinski definition) is 2. The average Bonchev–Trinajstić information content (AvgIpc) is 2.52. The van der Waals surface area contributed by atoms with E-state index in [4.69, 9.17) is 5.73 Å². The van der Waals surface area contributed by atoms with Crippen LogP contribution < -0.4 is 5.73 Å². The molecule has 1 rings (SSSR count). The summed E-state index contributed by atoms with van der Waals surface area (Å²) >= 11 is 0. The number of aromatic amines is 1. The van der Waals surface area contributed by atoms with Gasteiger partial charge >= 0.3 is 0 Å². The first-order valence-corrected chi connectivity index (χ1v) is 5.15. The van der Waals surface area contributed by atoms with Crippen LogP contribution in [0.15, 0.2) is 18.3 Å². The van der Waals surface area contributed by atoms with E-state index in [2.05, 4.69) is 45.7 Å². The first-order chi connectivity index (χ1) is 6.27. The van der Waals surface area contributed by atoms with Crippen molar-refractivity contribution in [2.24, 2.45) is 16.6 Å². The van der Waals surface area contributed by atoms with Crippen molar-refractivity contribution < 1.29 is 0 Å². The van der Waals surface area contributed by atoms with Gasteiger partial charge in [-0.05, 0) is 23.0 Å². The normalized spacial score (nSPS) is 15.6. The maximum absolute atomic E-state index is 6.27. The van der Waals surface area contributed by atoms with Crippen molar-refractivity contribution in [2.75, 3.05) is 0 Å². The van der Waals surface area contributed by atoms with Crippen LogP contribution in [0.2, 0.25) is 0 Å². The van der Waals surface area contributed by atoms with Gasteiger partial charge in [-0.1, -0.05) is 34.6 Å². The van der Waals surface area contributed by atoms with Gasteiger partial charge in [0.05, 0.1) is 6.04 Å². The molecule has 0 radical (unpaired) electrons. The molecular weight excluding hydrogens is 172 g/mol. The van der Waals surface area contributed by atoms with Gasteiger partial charge in [-0.3, -0.25) is 0 Å². The Hall–Kier alpha value is -0.760. The molecule has 1 unspecified atom stereocenters. The highest BCUT2D eigenvalue weighted by molar-refractivity contribution is 5.13. The lowest BCUT2D eigenvalue weighted by atomic mass is 9.64. The SMILES string of the molecule is CC(C)(C)C(C)(C)C(N)c1ccc[nH]1. The molecule has 1 aromatic rings. The van der Waals surface area contributed by atoms with Crippen LogP contribution in [0.3, 0.4) is 0 Å². The maximum Gasteiger partial charge on any atom is 0.0504 e. The fourth-order valence-electron chi connectivity index (χ4n) is 1.39. The van der Waals surface area contributed by atoms with Crippen molar-refractivity contribution in [3.8, 4) is 0 Å². The molecule has 1 atom stereocenters. The summed E-state index contributed by atoms with van der Waals surface area (Å²) in [5.41, 5.74) is 7.65. The van der Waals surface area contributed by atoms with Crippen LogP contribution in [0.4, 0.5) is 0 Å². The summed E-state index contributed by atoms with van der Waals surface area (Å²) < 4.78 is 0.